The Morgan fingerprint density at radius 3 is 2.30 bits per heavy atom. The van der Waals surface area contributed by atoms with Gasteiger partial charge in [-0.2, -0.15) is 0 Å². The van der Waals surface area contributed by atoms with E-state index in [1.165, 1.54) is 17.3 Å². The Balaban J connectivity index is 1.79. The second kappa shape index (κ2) is 9.34. The molecule has 3 N–H and O–H groups in total. The average Bonchev–Trinajstić information content (AvgIpc) is 3.09. The van der Waals surface area contributed by atoms with Crippen molar-refractivity contribution in [3.63, 3.8) is 0 Å². The number of hydrogen-bond acceptors (Lipinski definition) is 5. The van der Waals surface area contributed by atoms with E-state index >= 15 is 0 Å². The van der Waals surface area contributed by atoms with Crippen molar-refractivity contribution in [1.82, 2.24) is 14.8 Å². The van der Waals surface area contributed by atoms with Gasteiger partial charge in [0.05, 0.1) is 11.8 Å². The number of carboxylic acids is 1. The molecule has 0 amide bonds. The highest BCUT2D eigenvalue weighted by molar-refractivity contribution is 7.99. The summed E-state index contributed by atoms with van der Waals surface area (Å²) in [5.74, 6) is -0.257. The molecule has 27 heavy (non-hydrogen) atoms. The van der Waals surface area contributed by atoms with Crippen LogP contribution in [0.3, 0.4) is 0 Å². The molecule has 0 unspecified atom stereocenters. The summed E-state index contributed by atoms with van der Waals surface area (Å²) in [4.78, 5) is 10.9. The standard InChI is InChI=1S/C20H22N4O2S/c21-17(13-16-9-5-2-6-10-16)19-22-23-20(27-14-18(25)26)24(19)12-11-15-7-3-1-4-8-15/h1-10,17H,11-14,21H2,(H,25,26)/t17-/m0/s1. The van der Waals surface area contributed by atoms with Crippen LogP contribution in [-0.4, -0.2) is 31.6 Å². The molecule has 0 aliphatic heterocycles. The lowest BCUT2D eigenvalue weighted by Gasteiger charge is -2.15. The summed E-state index contributed by atoms with van der Waals surface area (Å²) < 4.78 is 1.95. The third-order valence-corrected chi connectivity index (χ3v) is 5.12. The van der Waals surface area contributed by atoms with E-state index in [1.54, 1.807) is 0 Å². The van der Waals surface area contributed by atoms with Gasteiger partial charge in [-0.1, -0.05) is 72.4 Å². The Morgan fingerprint density at radius 1 is 1.04 bits per heavy atom. The fraction of sp³-hybridized carbons (Fsp3) is 0.250. The molecule has 0 aliphatic carbocycles. The predicted molar refractivity (Wildman–Crippen MR) is 106 cm³/mol. The van der Waals surface area contributed by atoms with Gasteiger partial charge in [0.25, 0.3) is 0 Å². The quantitative estimate of drug-likeness (QED) is 0.553. The molecule has 3 rings (SSSR count). The summed E-state index contributed by atoms with van der Waals surface area (Å²) >= 11 is 1.17. The average molecular weight is 382 g/mol. The largest absolute Gasteiger partial charge is 0.481 e. The Hall–Kier alpha value is -2.64. The van der Waals surface area contributed by atoms with Crippen molar-refractivity contribution in [3.8, 4) is 0 Å². The smallest absolute Gasteiger partial charge is 0.313 e. The van der Waals surface area contributed by atoms with Crippen molar-refractivity contribution < 1.29 is 9.90 Å². The number of benzene rings is 2. The third-order valence-electron chi connectivity index (χ3n) is 4.17. The monoisotopic (exact) mass is 382 g/mol. The van der Waals surface area contributed by atoms with Gasteiger partial charge in [-0.05, 0) is 24.0 Å². The number of aromatic nitrogens is 3. The van der Waals surface area contributed by atoms with Gasteiger partial charge in [0.15, 0.2) is 11.0 Å². The molecular weight excluding hydrogens is 360 g/mol. The first-order valence-electron chi connectivity index (χ1n) is 8.74. The van der Waals surface area contributed by atoms with Crippen LogP contribution in [0.5, 0.6) is 0 Å². The number of rotatable bonds is 9. The molecule has 3 aromatic rings. The van der Waals surface area contributed by atoms with E-state index in [-0.39, 0.29) is 11.8 Å². The van der Waals surface area contributed by atoms with Crippen molar-refractivity contribution in [1.29, 1.82) is 0 Å². The minimum Gasteiger partial charge on any atom is -0.481 e. The maximum Gasteiger partial charge on any atom is 0.313 e. The molecule has 1 atom stereocenters. The van der Waals surface area contributed by atoms with Crippen LogP contribution in [0.1, 0.15) is 23.0 Å². The first kappa shape index (κ1) is 19.1. The highest BCUT2D eigenvalue weighted by atomic mass is 32.2. The molecule has 0 saturated heterocycles. The predicted octanol–water partition coefficient (Wildman–Crippen LogP) is 2.94. The number of aryl methyl sites for hydroxylation is 1. The van der Waals surface area contributed by atoms with Gasteiger partial charge in [-0.15, -0.1) is 10.2 Å². The topological polar surface area (TPSA) is 94.0 Å². The number of nitrogens with two attached hydrogens (primary N) is 1. The summed E-state index contributed by atoms with van der Waals surface area (Å²) in [5, 5.41) is 18.0. The van der Waals surface area contributed by atoms with Crippen LogP contribution in [0, 0.1) is 0 Å². The van der Waals surface area contributed by atoms with E-state index in [2.05, 4.69) is 22.3 Å². The molecule has 0 aliphatic rings. The lowest BCUT2D eigenvalue weighted by molar-refractivity contribution is -0.133. The SMILES string of the molecule is N[C@@H](Cc1ccccc1)c1nnc(SCC(=O)O)n1CCc1ccccc1. The van der Waals surface area contributed by atoms with Crippen molar-refractivity contribution in [2.45, 2.75) is 30.6 Å². The zero-order chi connectivity index (χ0) is 19.1. The van der Waals surface area contributed by atoms with Crippen LogP contribution in [-0.2, 0) is 24.2 Å². The van der Waals surface area contributed by atoms with E-state index in [0.717, 1.165) is 12.0 Å². The first-order valence-corrected chi connectivity index (χ1v) is 9.73. The number of hydrogen-bond donors (Lipinski definition) is 2. The van der Waals surface area contributed by atoms with Gasteiger partial charge in [0.1, 0.15) is 0 Å². The molecule has 0 spiro atoms. The first-order chi connectivity index (χ1) is 13.1. The zero-order valence-corrected chi connectivity index (χ0v) is 15.7. The summed E-state index contributed by atoms with van der Waals surface area (Å²) in [7, 11) is 0. The molecule has 6 nitrogen and oxygen atoms in total. The van der Waals surface area contributed by atoms with Crippen molar-refractivity contribution in [2.24, 2.45) is 5.73 Å². The number of thioether (sulfide) groups is 1. The molecule has 0 fully saturated rings. The minimum atomic E-state index is -0.882. The maximum atomic E-state index is 10.9. The van der Waals surface area contributed by atoms with Crippen molar-refractivity contribution in [3.05, 3.63) is 77.6 Å². The summed E-state index contributed by atoms with van der Waals surface area (Å²) in [5.41, 5.74) is 8.74. The molecule has 0 radical (unpaired) electrons. The minimum absolute atomic E-state index is 0.0581. The summed E-state index contributed by atoms with van der Waals surface area (Å²) in [6.45, 7) is 0.650. The Kier molecular flexibility index (Phi) is 6.62. The van der Waals surface area contributed by atoms with E-state index in [0.29, 0.717) is 23.9 Å². The highest BCUT2D eigenvalue weighted by Gasteiger charge is 2.19. The summed E-state index contributed by atoms with van der Waals surface area (Å²) in [6, 6.07) is 19.8. The van der Waals surface area contributed by atoms with Gasteiger partial charge in [-0.25, -0.2) is 0 Å². The number of nitrogens with zero attached hydrogens (tertiary/aromatic N) is 3. The second-order valence-electron chi connectivity index (χ2n) is 6.21. The third kappa shape index (κ3) is 5.42. The van der Waals surface area contributed by atoms with Gasteiger partial charge in [-0.3, -0.25) is 4.79 Å². The highest BCUT2D eigenvalue weighted by Crippen LogP contribution is 2.22. The van der Waals surface area contributed by atoms with Crippen LogP contribution in [0.25, 0.3) is 0 Å². The second-order valence-corrected chi connectivity index (χ2v) is 7.15. The molecule has 140 valence electrons. The molecule has 0 bridgehead atoms. The fourth-order valence-electron chi connectivity index (χ4n) is 2.86. The van der Waals surface area contributed by atoms with Gasteiger partial charge < -0.3 is 15.4 Å². The Bertz CT molecular complexity index is 868. The van der Waals surface area contributed by atoms with E-state index in [1.807, 2.05) is 53.1 Å². The maximum absolute atomic E-state index is 10.9. The van der Waals surface area contributed by atoms with Crippen LogP contribution in [0.2, 0.25) is 0 Å². The normalized spacial score (nSPS) is 12.0. The van der Waals surface area contributed by atoms with Crippen LogP contribution >= 0.6 is 11.8 Å². The Labute approximate surface area is 162 Å². The molecule has 0 saturated carbocycles. The molecule has 1 heterocycles. The Morgan fingerprint density at radius 2 is 1.67 bits per heavy atom. The van der Waals surface area contributed by atoms with Crippen molar-refractivity contribution >= 4 is 17.7 Å². The van der Waals surface area contributed by atoms with E-state index < -0.39 is 5.97 Å². The van der Waals surface area contributed by atoms with E-state index in [9.17, 15) is 4.79 Å². The lowest BCUT2D eigenvalue weighted by atomic mass is 10.1. The van der Waals surface area contributed by atoms with Crippen LogP contribution in [0.4, 0.5) is 0 Å². The molecule has 1 aromatic heterocycles. The fourth-order valence-corrected chi connectivity index (χ4v) is 3.55. The number of carboxylic acid groups (broad SMARTS) is 1. The summed E-state index contributed by atoms with van der Waals surface area (Å²) in [6.07, 6.45) is 1.44. The molecular formula is C20H22N4O2S. The van der Waals surface area contributed by atoms with Gasteiger partial charge in [0, 0.05) is 6.54 Å². The van der Waals surface area contributed by atoms with E-state index in [4.69, 9.17) is 10.8 Å². The van der Waals surface area contributed by atoms with Crippen molar-refractivity contribution in [2.75, 3.05) is 5.75 Å². The molecule has 7 heteroatoms. The molecule has 2 aromatic carbocycles. The van der Waals surface area contributed by atoms with Crippen LogP contribution in [0.15, 0.2) is 65.8 Å². The number of carbonyl (C=O) groups is 1. The van der Waals surface area contributed by atoms with Crippen LogP contribution < -0.4 is 5.73 Å². The van der Waals surface area contributed by atoms with Gasteiger partial charge >= 0.3 is 5.97 Å². The zero-order valence-electron chi connectivity index (χ0n) is 14.9. The lowest BCUT2D eigenvalue weighted by Crippen LogP contribution is -2.20. The van der Waals surface area contributed by atoms with Gasteiger partial charge in [0.2, 0.25) is 0 Å². The number of aliphatic carboxylic acids is 1.